The Labute approximate surface area is 121 Å². The third kappa shape index (κ3) is 3.70. The van der Waals surface area contributed by atoms with E-state index in [0.717, 1.165) is 24.9 Å². The number of aryl methyl sites for hydroxylation is 1. The summed E-state index contributed by atoms with van der Waals surface area (Å²) in [6, 6.07) is 6.29. The molecule has 1 aromatic rings. The van der Waals surface area contributed by atoms with Crippen molar-refractivity contribution in [3.63, 3.8) is 0 Å². The quantitative estimate of drug-likeness (QED) is 0.915. The molecule has 1 aliphatic rings. The van der Waals surface area contributed by atoms with Crippen molar-refractivity contribution in [2.75, 3.05) is 11.9 Å². The van der Waals surface area contributed by atoms with Crippen LogP contribution in [0.1, 0.15) is 44.2 Å². The molecular weight excluding hydrogens is 248 g/mol. The highest BCUT2D eigenvalue weighted by atomic mass is 16.2. The Bertz CT molecular complexity index is 526. The molecule has 108 valence electrons. The van der Waals surface area contributed by atoms with Crippen LogP contribution < -0.4 is 10.6 Å². The number of hydrogen-bond acceptors (Lipinski definition) is 2. The molecule has 3 heteroatoms. The molecular formula is C17H24N2O. The van der Waals surface area contributed by atoms with Gasteiger partial charge in [-0.3, -0.25) is 4.79 Å². The zero-order chi connectivity index (χ0) is 14.8. The Morgan fingerprint density at radius 1 is 1.35 bits per heavy atom. The van der Waals surface area contributed by atoms with Crippen molar-refractivity contribution in [1.29, 1.82) is 0 Å². The van der Waals surface area contributed by atoms with Crippen molar-refractivity contribution in [3.8, 4) is 0 Å². The highest BCUT2D eigenvalue weighted by Crippen LogP contribution is 2.28. The van der Waals surface area contributed by atoms with E-state index in [2.05, 4.69) is 24.3 Å². The van der Waals surface area contributed by atoms with Crippen LogP contribution in [0.15, 0.2) is 24.3 Å². The lowest BCUT2D eigenvalue weighted by atomic mass is 9.98. The van der Waals surface area contributed by atoms with E-state index >= 15 is 0 Å². The van der Waals surface area contributed by atoms with Gasteiger partial charge in [-0.05, 0) is 56.4 Å². The van der Waals surface area contributed by atoms with Gasteiger partial charge in [-0.1, -0.05) is 18.2 Å². The number of rotatable bonds is 4. The highest BCUT2D eigenvalue weighted by molar-refractivity contribution is 5.96. The molecule has 1 aromatic carbocycles. The monoisotopic (exact) mass is 272 g/mol. The molecule has 20 heavy (non-hydrogen) atoms. The summed E-state index contributed by atoms with van der Waals surface area (Å²) in [5, 5.41) is 0. The number of carbonyl (C=O) groups is 1. The van der Waals surface area contributed by atoms with Crippen molar-refractivity contribution in [1.82, 2.24) is 0 Å². The second-order valence-electron chi connectivity index (χ2n) is 6.27. The normalized spacial score (nSPS) is 15.8. The fraction of sp³-hybridized carbons (Fsp3) is 0.471. The summed E-state index contributed by atoms with van der Waals surface area (Å²) in [6.45, 7) is 4.10. The molecule has 0 atom stereocenters. The number of amides is 1. The summed E-state index contributed by atoms with van der Waals surface area (Å²) in [5.74, 6) is 0.200. The van der Waals surface area contributed by atoms with Gasteiger partial charge in [0.05, 0.1) is 0 Å². The Balaban J connectivity index is 2.05. The van der Waals surface area contributed by atoms with Gasteiger partial charge >= 0.3 is 0 Å². The Morgan fingerprint density at radius 2 is 2.10 bits per heavy atom. The average Bonchev–Trinajstić information content (AvgIpc) is 2.38. The van der Waals surface area contributed by atoms with Crippen LogP contribution in [-0.4, -0.2) is 18.5 Å². The van der Waals surface area contributed by atoms with E-state index in [1.54, 1.807) is 4.90 Å². The lowest BCUT2D eigenvalue weighted by Gasteiger charge is -2.25. The minimum atomic E-state index is -0.108. The Morgan fingerprint density at radius 3 is 2.80 bits per heavy atom. The van der Waals surface area contributed by atoms with E-state index in [-0.39, 0.29) is 11.4 Å². The minimum absolute atomic E-state index is 0.108. The van der Waals surface area contributed by atoms with Crippen molar-refractivity contribution >= 4 is 17.7 Å². The molecule has 0 bridgehead atoms. The van der Waals surface area contributed by atoms with Gasteiger partial charge in [0.15, 0.2) is 0 Å². The van der Waals surface area contributed by atoms with Crippen LogP contribution in [0.2, 0.25) is 0 Å². The predicted octanol–water partition coefficient (Wildman–Crippen LogP) is 3.13. The molecule has 0 aromatic heterocycles. The summed E-state index contributed by atoms with van der Waals surface area (Å²) in [6.07, 6.45) is 7.73. The smallest absolute Gasteiger partial charge is 0.227 e. The summed E-state index contributed by atoms with van der Waals surface area (Å²) in [7, 11) is 1.85. The summed E-state index contributed by atoms with van der Waals surface area (Å²) >= 11 is 0. The van der Waals surface area contributed by atoms with Crippen LogP contribution in [0.4, 0.5) is 5.69 Å². The summed E-state index contributed by atoms with van der Waals surface area (Å²) in [5.41, 5.74) is 9.35. The third-order valence-electron chi connectivity index (χ3n) is 3.71. The lowest BCUT2D eigenvalue weighted by Crippen LogP contribution is -2.31. The van der Waals surface area contributed by atoms with Gasteiger partial charge in [0.1, 0.15) is 0 Å². The maximum absolute atomic E-state index is 11.6. The van der Waals surface area contributed by atoms with Gasteiger partial charge in [-0.15, -0.1) is 0 Å². The molecule has 0 unspecified atom stereocenters. The molecule has 0 saturated heterocycles. The fourth-order valence-electron chi connectivity index (χ4n) is 2.45. The molecule has 0 fully saturated rings. The Kier molecular flexibility index (Phi) is 4.29. The van der Waals surface area contributed by atoms with Crippen molar-refractivity contribution in [3.05, 3.63) is 35.4 Å². The van der Waals surface area contributed by atoms with Crippen molar-refractivity contribution < 1.29 is 4.79 Å². The zero-order valence-corrected chi connectivity index (χ0v) is 12.6. The van der Waals surface area contributed by atoms with Gasteiger partial charge < -0.3 is 10.6 Å². The molecule has 0 spiro atoms. The van der Waals surface area contributed by atoms with Crippen LogP contribution in [0.25, 0.3) is 6.08 Å². The predicted molar refractivity (Wildman–Crippen MR) is 84.7 cm³/mol. The maximum atomic E-state index is 11.6. The van der Waals surface area contributed by atoms with E-state index in [4.69, 9.17) is 5.73 Å². The minimum Gasteiger partial charge on any atom is -0.326 e. The van der Waals surface area contributed by atoms with Crippen LogP contribution in [-0.2, 0) is 11.2 Å². The molecule has 2 N–H and O–H groups in total. The first-order chi connectivity index (χ1) is 9.37. The number of anilines is 1. The molecule has 1 amide bonds. The second kappa shape index (κ2) is 5.80. The van der Waals surface area contributed by atoms with Crippen molar-refractivity contribution in [2.24, 2.45) is 5.73 Å². The molecule has 0 aliphatic carbocycles. The summed E-state index contributed by atoms with van der Waals surface area (Å²) < 4.78 is 0. The number of benzene rings is 1. The number of nitrogens with zero attached hydrogens (tertiary/aromatic N) is 1. The van der Waals surface area contributed by atoms with E-state index in [1.165, 1.54) is 11.1 Å². The molecule has 0 radical (unpaired) electrons. The number of fused-ring (bicyclic) bond motifs is 1. The van der Waals surface area contributed by atoms with Crippen LogP contribution in [0.5, 0.6) is 0 Å². The zero-order valence-electron chi connectivity index (χ0n) is 12.6. The topological polar surface area (TPSA) is 46.3 Å². The summed E-state index contributed by atoms with van der Waals surface area (Å²) in [4.78, 5) is 13.4. The van der Waals surface area contributed by atoms with E-state index in [0.29, 0.717) is 6.42 Å². The van der Waals surface area contributed by atoms with Crippen molar-refractivity contribution in [2.45, 2.75) is 45.1 Å². The highest BCUT2D eigenvalue weighted by Gasteiger charge is 2.20. The van der Waals surface area contributed by atoms with E-state index < -0.39 is 0 Å². The molecule has 1 aliphatic heterocycles. The standard InChI is InChI=1S/C17H24N2O/c1-17(2,18)11-5-4-6-13-7-9-15-14(12-13)8-10-16(20)19(15)3/h4,6-7,9,12H,5,8,10-11,18H2,1-3H3/b6-4+. The molecule has 2 rings (SSSR count). The van der Waals surface area contributed by atoms with E-state index in [9.17, 15) is 4.79 Å². The van der Waals surface area contributed by atoms with Gasteiger partial charge in [0.25, 0.3) is 0 Å². The number of carbonyl (C=O) groups excluding carboxylic acids is 1. The van der Waals surface area contributed by atoms with Crippen LogP contribution in [0, 0.1) is 0 Å². The number of allylic oxidation sites excluding steroid dienone is 1. The molecule has 3 nitrogen and oxygen atoms in total. The van der Waals surface area contributed by atoms with Gasteiger partial charge in [-0.25, -0.2) is 0 Å². The number of nitrogens with two attached hydrogens (primary N) is 1. The van der Waals surface area contributed by atoms with E-state index in [1.807, 2.05) is 27.0 Å². The SMILES string of the molecule is CN1C(=O)CCc2cc(/C=C/CCC(C)(C)N)ccc21. The molecule has 1 heterocycles. The van der Waals surface area contributed by atoms with Gasteiger partial charge in [0.2, 0.25) is 5.91 Å². The average molecular weight is 272 g/mol. The van der Waals surface area contributed by atoms with Gasteiger partial charge in [-0.2, -0.15) is 0 Å². The second-order valence-corrected chi connectivity index (χ2v) is 6.27. The number of hydrogen-bond donors (Lipinski definition) is 1. The largest absolute Gasteiger partial charge is 0.326 e. The maximum Gasteiger partial charge on any atom is 0.227 e. The van der Waals surface area contributed by atoms with Crippen LogP contribution >= 0.6 is 0 Å². The first kappa shape index (κ1) is 14.8. The third-order valence-corrected chi connectivity index (χ3v) is 3.71. The van der Waals surface area contributed by atoms with Gasteiger partial charge in [0, 0.05) is 24.7 Å². The Hall–Kier alpha value is -1.61. The fourth-order valence-corrected chi connectivity index (χ4v) is 2.45. The lowest BCUT2D eigenvalue weighted by molar-refractivity contribution is -0.118. The first-order valence-electron chi connectivity index (χ1n) is 7.22. The molecule has 0 saturated carbocycles. The van der Waals surface area contributed by atoms with Crippen LogP contribution in [0.3, 0.4) is 0 Å². The first-order valence-corrected chi connectivity index (χ1v) is 7.22.